The number of hydrogen-bond acceptors (Lipinski definition) is 3. The molecule has 3 rings (SSSR count). The Morgan fingerprint density at radius 2 is 1.46 bits per heavy atom. The molecule has 4 atom stereocenters. The molecule has 24 heavy (non-hydrogen) atoms. The largest absolute Gasteiger partial charge is 0.269 e. The summed E-state index contributed by atoms with van der Waals surface area (Å²) < 4.78 is 14.5. The highest BCUT2D eigenvalue weighted by molar-refractivity contribution is 7.84. The maximum Gasteiger partial charge on any atom is 0.269 e. The number of non-ortho nitro benzene ring substituents is 1. The molecular weight excluding hydrogens is 324 g/mol. The van der Waals surface area contributed by atoms with Gasteiger partial charge in [0.15, 0.2) is 0 Å². The van der Waals surface area contributed by atoms with E-state index in [9.17, 15) is 14.3 Å². The Labute approximate surface area is 144 Å². The number of benzene rings is 2. The molecule has 1 saturated heterocycles. The first-order valence-electron chi connectivity index (χ1n) is 7.80. The lowest BCUT2D eigenvalue weighted by Crippen LogP contribution is -2.27. The summed E-state index contributed by atoms with van der Waals surface area (Å²) in [7, 11) is -1.15. The zero-order valence-electron chi connectivity index (χ0n) is 13.9. The van der Waals surface area contributed by atoms with Crippen LogP contribution < -0.4 is 0 Å². The fourth-order valence-corrected chi connectivity index (χ4v) is 4.30. The fraction of sp³-hybridized carbons (Fsp3) is 0.333. The van der Waals surface area contributed by atoms with Gasteiger partial charge in [-0.05, 0) is 31.9 Å². The number of hydrogen-bond donors (Lipinski definition) is 0. The lowest BCUT2D eigenvalue weighted by atomic mass is 10.0. The third kappa shape index (κ3) is 3.12. The molecular formula is C18H20N2O3S. The Balaban J connectivity index is 1.94. The summed E-state index contributed by atoms with van der Waals surface area (Å²) in [5, 5.41) is 10.8. The maximum atomic E-state index is 12.9. The van der Waals surface area contributed by atoms with Gasteiger partial charge in [-0.15, -0.1) is 0 Å². The Morgan fingerprint density at radius 1 is 0.958 bits per heavy atom. The monoisotopic (exact) mass is 344 g/mol. The van der Waals surface area contributed by atoms with Crippen molar-refractivity contribution in [1.82, 2.24) is 4.31 Å². The van der Waals surface area contributed by atoms with Gasteiger partial charge in [0.1, 0.15) is 11.0 Å². The van der Waals surface area contributed by atoms with Crippen LogP contribution in [0.3, 0.4) is 0 Å². The third-order valence-electron chi connectivity index (χ3n) is 4.06. The van der Waals surface area contributed by atoms with Crippen molar-refractivity contribution in [1.29, 1.82) is 0 Å². The van der Waals surface area contributed by atoms with Crippen molar-refractivity contribution in [2.24, 2.45) is 0 Å². The Hall–Kier alpha value is -2.05. The van der Waals surface area contributed by atoms with E-state index in [1.807, 2.05) is 55.4 Å². The first kappa shape index (κ1) is 16.8. The highest BCUT2D eigenvalue weighted by atomic mass is 32.2. The molecule has 2 aromatic carbocycles. The summed E-state index contributed by atoms with van der Waals surface area (Å²) in [5.41, 5.74) is 2.13. The minimum Gasteiger partial charge on any atom is -0.258 e. The van der Waals surface area contributed by atoms with Gasteiger partial charge < -0.3 is 0 Å². The Morgan fingerprint density at radius 3 is 1.92 bits per heavy atom. The van der Waals surface area contributed by atoms with Crippen molar-refractivity contribution in [3.63, 3.8) is 0 Å². The van der Waals surface area contributed by atoms with Crippen molar-refractivity contribution >= 4 is 16.7 Å². The average Bonchev–Trinajstić information content (AvgIpc) is 3.29. The molecule has 0 aromatic heterocycles. The quantitative estimate of drug-likeness (QED) is 0.475. The second kappa shape index (κ2) is 6.11. The topological polar surface area (TPSA) is 63.2 Å². The molecule has 126 valence electrons. The van der Waals surface area contributed by atoms with Crippen molar-refractivity contribution in [3.05, 3.63) is 75.8 Å². The van der Waals surface area contributed by atoms with Gasteiger partial charge in [0.05, 0.1) is 21.8 Å². The zero-order chi connectivity index (χ0) is 17.5. The van der Waals surface area contributed by atoms with Gasteiger partial charge in [0, 0.05) is 12.1 Å². The van der Waals surface area contributed by atoms with E-state index in [2.05, 4.69) is 0 Å². The minimum absolute atomic E-state index is 0.0201. The molecule has 0 saturated carbocycles. The van der Waals surface area contributed by atoms with Crippen molar-refractivity contribution < 1.29 is 9.13 Å². The van der Waals surface area contributed by atoms with Crippen LogP contribution in [0.15, 0.2) is 54.6 Å². The molecule has 0 radical (unpaired) electrons. The molecule has 6 heteroatoms. The second-order valence-electron chi connectivity index (χ2n) is 6.87. The van der Waals surface area contributed by atoms with E-state index >= 15 is 0 Å². The van der Waals surface area contributed by atoms with E-state index in [-0.39, 0.29) is 22.5 Å². The molecule has 5 nitrogen and oxygen atoms in total. The van der Waals surface area contributed by atoms with Crippen LogP contribution in [0.25, 0.3) is 0 Å². The Kier molecular flexibility index (Phi) is 4.27. The summed E-state index contributed by atoms with van der Waals surface area (Å²) in [4.78, 5) is 10.4. The lowest BCUT2D eigenvalue weighted by molar-refractivity contribution is -0.384. The molecule has 0 bridgehead atoms. The minimum atomic E-state index is -1.15. The standard InChI is InChI=1S/C18H20N2O3S/c1-18(2,3)24(23)19-16(13-7-5-4-6-8-13)17(19)14-9-11-15(12-10-14)20(21)22/h4-12,16-17H,1-3H3/t16-,17-,19?,24-/m1/s1. The zero-order valence-corrected chi connectivity index (χ0v) is 14.7. The summed E-state index contributed by atoms with van der Waals surface area (Å²) in [6.45, 7) is 5.86. The Bertz CT molecular complexity index is 769. The molecule has 1 unspecified atom stereocenters. The van der Waals surface area contributed by atoms with Gasteiger partial charge in [-0.25, -0.2) is 8.51 Å². The van der Waals surface area contributed by atoms with Crippen LogP contribution in [0.5, 0.6) is 0 Å². The highest BCUT2D eigenvalue weighted by Crippen LogP contribution is 2.57. The normalized spacial score (nSPS) is 24.4. The van der Waals surface area contributed by atoms with Crippen LogP contribution in [-0.4, -0.2) is 18.2 Å². The first-order chi connectivity index (χ1) is 11.3. The number of nitro benzene ring substituents is 1. The smallest absolute Gasteiger partial charge is 0.258 e. The highest BCUT2D eigenvalue weighted by Gasteiger charge is 2.55. The van der Waals surface area contributed by atoms with Crippen LogP contribution in [0, 0.1) is 10.1 Å². The molecule has 0 aliphatic carbocycles. The summed E-state index contributed by atoms with van der Waals surface area (Å²) in [6, 6.07) is 16.5. The molecule has 1 aliphatic rings. The molecule has 2 aromatic rings. The average molecular weight is 344 g/mol. The van der Waals surface area contributed by atoms with Crippen LogP contribution in [0.2, 0.25) is 0 Å². The number of nitrogens with zero attached hydrogens (tertiary/aromatic N) is 2. The van der Waals surface area contributed by atoms with E-state index in [0.717, 1.165) is 11.1 Å². The molecule has 0 amide bonds. The van der Waals surface area contributed by atoms with Crippen molar-refractivity contribution in [2.45, 2.75) is 37.6 Å². The molecule has 1 heterocycles. The van der Waals surface area contributed by atoms with Crippen molar-refractivity contribution in [2.75, 3.05) is 0 Å². The number of nitro groups is 1. The van der Waals surface area contributed by atoms with Crippen LogP contribution in [-0.2, 0) is 11.0 Å². The first-order valence-corrected chi connectivity index (χ1v) is 8.91. The van der Waals surface area contributed by atoms with Crippen LogP contribution in [0.4, 0.5) is 5.69 Å². The van der Waals surface area contributed by atoms with E-state index < -0.39 is 15.9 Å². The van der Waals surface area contributed by atoms with Gasteiger partial charge >= 0.3 is 0 Å². The molecule has 1 fully saturated rings. The van der Waals surface area contributed by atoms with Crippen molar-refractivity contribution in [3.8, 4) is 0 Å². The molecule has 0 N–H and O–H groups in total. The van der Waals surface area contributed by atoms with Gasteiger partial charge in [0.25, 0.3) is 5.69 Å². The van der Waals surface area contributed by atoms with Gasteiger partial charge in [-0.3, -0.25) is 10.1 Å². The third-order valence-corrected chi connectivity index (χ3v) is 5.94. The van der Waals surface area contributed by atoms with Crippen LogP contribution >= 0.6 is 0 Å². The van der Waals surface area contributed by atoms with Gasteiger partial charge in [0.2, 0.25) is 0 Å². The predicted octanol–water partition coefficient (Wildman–Crippen LogP) is 4.16. The SMILES string of the molecule is CC(C)(C)[S@@](=O)N1[C@H](c2ccccc2)[C@H]1c1ccc([N+](=O)[O-])cc1. The fourth-order valence-electron chi connectivity index (χ4n) is 2.84. The van der Waals surface area contributed by atoms with E-state index in [1.54, 1.807) is 12.1 Å². The maximum absolute atomic E-state index is 12.9. The molecule has 1 aliphatic heterocycles. The van der Waals surface area contributed by atoms with E-state index in [0.29, 0.717) is 0 Å². The molecule has 0 spiro atoms. The predicted molar refractivity (Wildman–Crippen MR) is 94.8 cm³/mol. The summed E-state index contributed by atoms with van der Waals surface area (Å²) >= 11 is 0. The van der Waals surface area contributed by atoms with Gasteiger partial charge in [-0.2, -0.15) is 0 Å². The van der Waals surface area contributed by atoms with E-state index in [4.69, 9.17) is 0 Å². The lowest BCUT2D eigenvalue weighted by Gasteiger charge is -2.19. The van der Waals surface area contributed by atoms with Gasteiger partial charge in [-0.1, -0.05) is 42.5 Å². The van der Waals surface area contributed by atoms with E-state index in [1.165, 1.54) is 12.1 Å². The summed E-state index contributed by atoms with van der Waals surface area (Å²) in [5.74, 6) is 0. The summed E-state index contributed by atoms with van der Waals surface area (Å²) in [6.07, 6.45) is 0. The van der Waals surface area contributed by atoms with Crippen LogP contribution in [0.1, 0.15) is 44.0 Å². The second-order valence-corrected chi connectivity index (χ2v) is 9.02. The number of rotatable bonds is 4.